The van der Waals surface area contributed by atoms with Gasteiger partial charge in [0.2, 0.25) is 5.60 Å². The van der Waals surface area contributed by atoms with Gasteiger partial charge in [0, 0.05) is 0 Å². The molecule has 1 N–H and O–H groups in total. The Morgan fingerprint density at radius 2 is 1.57 bits per heavy atom. The highest BCUT2D eigenvalue weighted by atomic mass is 19.4. The van der Waals surface area contributed by atoms with Gasteiger partial charge in [-0.1, -0.05) is 54.6 Å². The number of halogens is 3. The monoisotopic (exact) mass is 488 g/mol. The zero-order valence-electron chi connectivity index (χ0n) is 18.9. The second-order valence-electron chi connectivity index (χ2n) is 7.96. The zero-order chi connectivity index (χ0) is 25.6. The van der Waals surface area contributed by atoms with Crippen molar-refractivity contribution in [1.29, 1.82) is 0 Å². The van der Waals surface area contributed by atoms with Crippen molar-refractivity contribution in [3.63, 3.8) is 0 Å². The highest BCUT2D eigenvalue weighted by Gasteiger charge is 2.52. The Bertz CT molecular complexity index is 1160. The van der Waals surface area contributed by atoms with E-state index in [0.29, 0.717) is 5.75 Å². The molecule has 0 fully saturated rings. The third-order valence-electron chi connectivity index (χ3n) is 5.13. The Hall–Kier alpha value is -4.01. The molecule has 0 heterocycles. The molecule has 3 aromatic rings. The van der Waals surface area contributed by atoms with Gasteiger partial charge in [-0.25, -0.2) is 9.59 Å². The number of hydrogen-bond acceptors (Lipinski definition) is 5. The van der Waals surface area contributed by atoms with Crippen LogP contribution in [0.4, 0.5) is 13.2 Å². The Labute approximate surface area is 199 Å². The number of alkyl halides is 3. The minimum atomic E-state index is -5.33. The predicted molar refractivity (Wildman–Crippen MR) is 120 cm³/mol. The lowest BCUT2D eigenvalue weighted by molar-refractivity contribution is -0.216. The van der Waals surface area contributed by atoms with Gasteiger partial charge in [-0.15, -0.1) is 0 Å². The van der Waals surface area contributed by atoms with Gasteiger partial charge in [0.05, 0.1) is 0 Å². The molecule has 3 rings (SSSR count). The van der Waals surface area contributed by atoms with E-state index in [4.69, 9.17) is 9.47 Å². The molecule has 2 atom stereocenters. The topological polar surface area (TPSA) is 82.1 Å². The van der Waals surface area contributed by atoms with E-state index in [9.17, 15) is 27.9 Å². The number of carboxylic acid groups (broad SMARTS) is 1. The second-order valence-corrected chi connectivity index (χ2v) is 7.96. The molecular formula is C26H23F3O6. The van der Waals surface area contributed by atoms with Gasteiger partial charge < -0.3 is 19.3 Å². The molecule has 184 valence electrons. The van der Waals surface area contributed by atoms with Gasteiger partial charge in [-0.2, -0.15) is 13.2 Å². The molecule has 0 bridgehead atoms. The fourth-order valence-corrected chi connectivity index (χ4v) is 3.29. The Balaban J connectivity index is 1.93. The van der Waals surface area contributed by atoms with Crippen LogP contribution in [0.1, 0.15) is 29.7 Å². The number of aryl methyl sites for hydroxylation is 1. The molecule has 0 aliphatic rings. The molecule has 0 aliphatic carbocycles. The van der Waals surface area contributed by atoms with Crippen molar-refractivity contribution in [3.05, 3.63) is 95.6 Å². The maximum atomic E-state index is 13.0. The van der Waals surface area contributed by atoms with E-state index in [2.05, 4.69) is 4.74 Å². The first-order valence-corrected chi connectivity index (χ1v) is 10.5. The smallest absolute Gasteiger partial charge is 0.489 e. The standard InChI is InChI=1S/C26H23F3O6/c1-17-7-6-10-21(15-17)35-25(2,23(30)31)22(34-24(32)26(27,28)29)19-11-13-20(14-12-19)33-16-18-8-4-3-5-9-18/h3-15,22H,16H2,1-2H3,(H,30,31). The fraction of sp³-hybridized carbons (Fsp3) is 0.231. The van der Waals surface area contributed by atoms with Crippen molar-refractivity contribution in [2.75, 3.05) is 0 Å². The predicted octanol–water partition coefficient (Wildman–Crippen LogP) is 5.64. The summed E-state index contributed by atoms with van der Waals surface area (Å²) in [6, 6.07) is 21.1. The first-order chi connectivity index (χ1) is 16.5. The van der Waals surface area contributed by atoms with E-state index in [1.54, 1.807) is 19.1 Å². The van der Waals surface area contributed by atoms with E-state index < -0.39 is 29.8 Å². The summed E-state index contributed by atoms with van der Waals surface area (Å²) in [7, 11) is 0. The van der Waals surface area contributed by atoms with Crippen LogP contribution in [0.5, 0.6) is 11.5 Å². The van der Waals surface area contributed by atoms with Gasteiger partial charge in [0.25, 0.3) is 0 Å². The van der Waals surface area contributed by atoms with Crippen LogP contribution in [-0.4, -0.2) is 28.8 Å². The van der Waals surface area contributed by atoms with Crippen LogP contribution in [-0.2, 0) is 20.9 Å². The number of hydrogen-bond donors (Lipinski definition) is 1. The number of carbonyl (C=O) groups is 2. The van der Waals surface area contributed by atoms with Crippen molar-refractivity contribution in [3.8, 4) is 11.5 Å². The minimum Gasteiger partial charge on any atom is -0.489 e. The molecule has 0 amide bonds. The summed E-state index contributed by atoms with van der Waals surface area (Å²) in [4.78, 5) is 24.0. The summed E-state index contributed by atoms with van der Waals surface area (Å²) >= 11 is 0. The molecule has 0 aromatic heterocycles. The first-order valence-electron chi connectivity index (χ1n) is 10.5. The summed E-state index contributed by atoms with van der Waals surface area (Å²) < 4.78 is 55.1. The van der Waals surface area contributed by atoms with Crippen LogP contribution in [0.2, 0.25) is 0 Å². The Kier molecular flexibility index (Phi) is 7.68. The molecular weight excluding hydrogens is 465 g/mol. The van der Waals surface area contributed by atoms with Crippen molar-refractivity contribution in [1.82, 2.24) is 0 Å². The molecule has 9 heteroatoms. The van der Waals surface area contributed by atoms with Crippen LogP contribution in [0.15, 0.2) is 78.9 Å². The van der Waals surface area contributed by atoms with Crippen molar-refractivity contribution in [2.45, 2.75) is 38.3 Å². The largest absolute Gasteiger partial charge is 0.490 e. The number of ether oxygens (including phenoxy) is 3. The van der Waals surface area contributed by atoms with Gasteiger partial charge in [0.15, 0.2) is 6.10 Å². The third-order valence-corrected chi connectivity index (χ3v) is 5.13. The summed E-state index contributed by atoms with van der Waals surface area (Å²) in [5, 5.41) is 9.95. The van der Waals surface area contributed by atoms with Gasteiger partial charge in [0.1, 0.15) is 18.1 Å². The maximum absolute atomic E-state index is 13.0. The van der Waals surface area contributed by atoms with Gasteiger partial charge in [-0.05, 0) is 54.8 Å². The SMILES string of the molecule is Cc1cccc(OC(C)(C(=O)O)C(OC(=O)C(F)(F)F)c2ccc(OCc3ccccc3)cc2)c1. The average molecular weight is 488 g/mol. The average Bonchev–Trinajstić information content (AvgIpc) is 2.81. The van der Waals surface area contributed by atoms with E-state index in [1.165, 1.54) is 36.4 Å². The lowest BCUT2D eigenvalue weighted by Crippen LogP contribution is -2.49. The maximum Gasteiger partial charge on any atom is 0.490 e. The van der Waals surface area contributed by atoms with E-state index >= 15 is 0 Å². The highest BCUT2D eigenvalue weighted by molar-refractivity contribution is 5.81. The summed E-state index contributed by atoms with van der Waals surface area (Å²) in [5.74, 6) is -3.68. The molecule has 0 saturated carbocycles. The van der Waals surface area contributed by atoms with Crippen LogP contribution < -0.4 is 9.47 Å². The first kappa shape index (κ1) is 25.6. The van der Waals surface area contributed by atoms with Crippen molar-refractivity contribution in [2.24, 2.45) is 0 Å². The summed E-state index contributed by atoms with van der Waals surface area (Å²) in [6.45, 7) is 3.03. The van der Waals surface area contributed by atoms with Crippen LogP contribution >= 0.6 is 0 Å². The lowest BCUT2D eigenvalue weighted by atomic mass is 9.92. The molecule has 0 radical (unpaired) electrons. The van der Waals surface area contributed by atoms with Crippen LogP contribution in [0.25, 0.3) is 0 Å². The van der Waals surface area contributed by atoms with Gasteiger partial charge in [-0.3, -0.25) is 0 Å². The fourth-order valence-electron chi connectivity index (χ4n) is 3.29. The number of esters is 1. The second kappa shape index (κ2) is 10.5. The summed E-state index contributed by atoms with van der Waals surface area (Å²) in [5.41, 5.74) is -0.772. The van der Waals surface area contributed by atoms with Crippen LogP contribution in [0.3, 0.4) is 0 Å². The normalized spacial score (nSPS) is 13.9. The number of carbonyl (C=O) groups excluding carboxylic acids is 1. The number of rotatable bonds is 9. The Morgan fingerprint density at radius 3 is 2.14 bits per heavy atom. The zero-order valence-corrected chi connectivity index (χ0v) is 18.9. The highest BCUT2D eigenvalue weighted by Crippen LogP contribution is 2.37. The molecule has 3 aromatic carbocycles. The van der Waals surface area contributed by atoms with Crippen LogP contribution in [0, 0.1) is 6.92 Å². The lowest BCUT2D eigenvalue weighted by Gasteiger charge is -2.34. The minimum absolute atomic E-state index is 0.0211. The number of benzene rings is 3. The van der Waals surface area contributed by atoms with Gasteiger partial charge >= 0.3 is 18.1 Å². The van der Waals surface area contributed by atoms with Crippen molar-refractivity contribution < 1.29 is 42.1 Å². The number of aliphatic carboxylic acids is 1. The quantitative estimate of drug-likeness (QED) is 0.393. The molecule has 0 saturated heterocycles. The molecule has 2 unspecified atom stereocenters. The van der Waals surface area contributed by atoms with E-state index in [1.807, 2.05) is 30.3 Å². The number of carboxylic acids is 1. The molecule has 35 heavy (non-hydrogen) atoms. The molecule has 0 spiro atoms. The van der Waals surface area contributed by atoms with E-state index in [-0.39, 0.29) is 17.9 Å². The van der Waals surface area contributed by atoms with E-state index in [0.717, 1.165) is 18.1 Å². The molecule has 0 aliphatic heterocycles. The Morgan fingerprint density at radius 1 is 0.914 bits per heavy atom. The third kappa shape index (κ3) is 6.53. The summed E-state index contributed by atoms with van der Waals surface area (Å²) in [6.07, 6.45) is -7.27. The molecule has 6 nitrogen and oxygen atoms in total. The van der Waals surface area contributed by atoms with Crippen molar-refractivity contribution >= 4 is 11.9 Å².